The molecule has 4 nitrogen and oxygen atoms in total. The van der Waals surface area contributed by atoms with Crippen LogP contribution in [0.5, 0.6) is 0 Å². The third kappa shape index (κ3) is 4.90. The van der Waals surface area contributed by atoms with Crippen LogP contribution in [0.2, 0.25) is 0 Å². The number of ether oxygens (including phenoxy) is 1. The van der Waals surface area contributed by atoms with Crippen molar-refractivity contribution in [3.63, 3.8) is 0 Å². The van der Waals surface area contributed by atoms with Crippen LogP contribution in [-0.2, 0) is 4.74 Å². The van der Waals surface area contributed by atoms with Crippen LogP contribution in [-0.4, -0.2) is 30.5 Å². The number of esters is 1. The molecule has 0 saturated heterocycles. The molecule has 2 aromatic rings. The van der Waals surface area contributed by atoms with Crippen molar-refractivity contribution in [2.24, 2.45) is 0 Å². The first-order chi connectivity index (χ1) is 10.2. The smallest absolute Gasteiger partial charge is 0.374 e. The van der Waals surface area contributed by atoms with E-state index >= 15 is 0 Å². The van der Waals surface area contributed by atoms with Gasteiger partial charge in [0.2, 0.25) is 5.76 Å². The van der Waals surface area contributed by atoms with Gasteiger partial charge in [-0.1, -0.05) is 44.2 Å². The van der Waals surface area contributed by atoms with Crippen LogP contribution in [0.25, 0.3) is 0 Å². The van der Waals surface area contributed by atoms with Gasteiger partial charge in [-0.05, 0) is 30.8 Å². The first kappa shape index (κ1) is 18.3. The van der Waals surface area contributed by atoms with E-state index in [4.69, 9.17) is 9.15 Å². The number of benzene rings is 1. The summed E-state index contributed by atoms with van der Waals surface area (Å²) in [7, 11) is 0. The monoisotopic (exact) mass is 323 g/mol. The molecule has 0 radical (unpaired) electrons. The predicted octanol–water partition coefficient (Wildman–Crippen LogP) is 3.94. The second-order valence-corrected chi connectivity index (χ2v) is 4.77. The lowest BCUT2D eigenvalue weighted by Gasteiger charge is -2.25. The quantitative estimate of drug-likeness (QED) is 0.724. The van der Waals surface area contributed by atoms with Crippen molar-refractivity contribution in [3.05, 3.63) is 60.1 Å². The summed E-state index contributed by atoms with van der Waals surface area (Å²) >= 11 is 0. The van der Waals surface area contributed by atoms with E-state index < -0.39 is 5.97 Å². The molecular weight excluding hydrogens is 302 g/mol. The van der Waals surface area contributed by atoms with E-state index in [0.29, 0.717) is 6.54 Å². The Morgan fingerprint density at radius 1 is 1.14 bits per heavy atom. The number of rotatable bonds is 7. The van der Waals surface area contributed by atoms with Crippen LogP contribution < -0.4 is 0 Å². The van der Waals surface area contributed by atoms with Crippen LogP contribution in [0.15, 0.2) is 53.1 Å². The zero-order valence-electron chi connectivity index (χ0n) is 12.9. The topological polar surface area (TPSA) is 42.7 Å². The lowest BCUT2D eigenvalue weighted by Crippen LogP contribution is -2.30. The Morgan fingerprint density at radius 3 is 2.36 bits per heavy atom. The van der Waals surface area contributed by atoms with Crippen molar-refractivity contribution >= 4 is 18.4 Å². The summed E-state index contributed by atoms with van der Waals surface area (Å²) in [6.45, 7) is 6.69. The van der Waals surface area contributed by atoms with E-state index in [1.165, 1.54) is 6.26 Å². The summed E-state index contributed by atoms with van der Waals surface area (Å²) < 4.78 is 10.7. The van der Waals surface area contributed by atoms with Crippen molar-refractivity contribution in [1.82, 2.24) is 4.90 Å². The fourth-order valence-electron chi connectivity index (χ4n) is 2.18. The molecule has 0 amide bonds. The first-order valence-electron chi connectivity index (χ1n) is 7.26. The third-order valence-electron chi connectivity index (χ3n) is 3.46. The summed E-state index contributed by atoms with van der Waals surface area (Å²) in [6.07, 6.45) is 1.17. The number of halogens is 1. The van der Waals surface area contributed by atoms with Crippen LogP contribution in [0.4, 0.5) is 0 Å². The first-order valence-corrected chi connectivity index (χ1v) is 7.26. The molecule has 0 saturated carbocycles. The van der Waals surface area contributed by atoms with Gasteiger partial charge in [-0.2, -0.15) is 0 Å². The Kier molecular flexibility index (Phi) is 7.71. The molecule has 1 heterocycles. The molecular formula is C17H22ClNO3. The number of nitrogens with zero attached hydrogens (tertiary/aromatic N) is 1. The summed E-state index contributed by atoms with van der Waals surface area (Å²) in [6, 6.07) is 13.1. The Morgan fingerprint density at radius 2 is 1.82 bits per heavy atom. The van der Waals surface area contributed by atoms with Crippen molar-refractivity contribution in [2.45, 2.75) is 20.0 Å². The fraction of sp³-hybridized carbons (Fsp3) is 0.353. The fourth-order valence-corrected chi connectivity index (χ4v) is 2.18. The van der Waals surface area contributed by atoms with E-state index in [1.807, 2.05) is 30.3 Å². The summed E-state index contributed by atoms with van der Waals surface area (Å²) in [5, 5.41) is 0. The zero-order chi connectivity index (χ0) is 15.1. The van der Waals surface area contributed by atoms with Gasteiger partial charge >= 0.3 is 5.97 Å². The molecule has 0 spiro atoms. The highest BCUT2D eigenvalue weighted by molar-refractivity contribution is 5.86. The molecule has 0 aliphatic heterocycles. The minimum atomic E-state index is -0.430. The number of hydrogen-bond donors (Lipinski definition) is 0. The maximum Gasteiger partial charge on any atom is 0.374 e. The Bertz CT molecular complexity index is 538. The summed E-state index contributed by atoms with van der Waals surface area (Å²) in [5.74, 6) is -0.198. The largest absolute Gasteiger partial charge is 0.457 e. The van der Waals surface area contributed by atoms with Gasteiger partial charge in [0.25, 0.3) is 0 Å². The molecule has 1 aromatic heterocycles. The minimum absolute atomic E-state index is 0. The van der Waals surface area contributed by atoms with Gasteiger partial charge in [0, 0.05) is 6.54 Å². The molecule has 5 heteroatoms. The normalized spacial score (nSPS) is 11.8. The summed E-state index contributed by atoms with van der Waals surface area (Å²) in [4.78, 5) is 14.3. The molecule has 120 valence electrons. The minimum Gasteiger partial charge on any atom is -0.457 e. The lowest BCUT2D eigenvalue weighted by atomic mass is 10.1. The average molecular weight is 324 g/mol. The second kappa shape index (κ2) is 9.28. The highest BCUT2D eigenvalue weighted by atomic mass is 35.5. The molecule has 1 aromatic carbocycles. The molecule has 22 heavy (non-hydrogen) atoms. The van der Waals surface area contributed by atoms with Gasteiger partial charge in [-0.15, -0.1) is 12.4 Å². The van der Waals surface area contributed by atoms with Gasteiger partial charge in [0.1, 0.15) is 6.10 Å². The average Bonchev–Trinajstić information content (AvgIpc) is 3.06. The van der Waals surface area contributed by atoms with Gasteiger partial charge in [0.15, 0.2) is 0 Å². The van der Waals surface area contributed by atoms with Crippen LogP contribution in [0.1, 0.15) is 36.1 Å². The molecule has 0 N–H and O–H groups in total. The Hall–Kier alpha value is -1.78. The maximum absolute atomic E-state index is 12.1. The van der Waals surface area contributed by atoms with Gasteiger partial charge in [-0.25, -0.2) is 4.79 Å². The molecule has 0 fully saturated rings. The molecule has 1 atom stereocenters. The van der Waals surface area contributed by atoms with E-state index in [1.54, 1.807) is 12.1 Å². The van der Waals surface area contributed by atoms with Gasteiger partial charge < -0.3 is 9.15 Å². The van der Waals surface area contributed by atoms with Crippen LogP contribution in [0, 0.1) is 0 Å². The number of carbonyl (C=O) groups is 1. The van der Waals surface area contributed by atoms with E-state index in [0.717, 1.165) is 18.7 Å². The molecule has 0 bridgehead atoms. The highest BCUT2D eigenvalue weighted by Gasteiger charge is 2.21. The number of furan rings is 1. The van der Waals surface area contributed by atoms with E-state index in [-0.39, 0.29) is 24.3 Å². The highest BCUT2D eigenvalue weighted by Crippen LogP contribution is 2.20. The van der Waals surface area contributed by atoms with Crippen LogP contribution >= 0.6 is 12.4 Å². The standard InChI is InChI=1S/C17H21NO3.ClH/c1-3-18(4-2)13-16(14-9-6-5-7-10-14)21-17(19)15-11-8-12-20-15;/h5-12,16H,3-4,13H2,1-2H3;1H. The molecule has 1 unspecified atom stereocenters. The number of likely N-dealkylation sites (N-methyl/N-ethyl adjacent to an activating group) is 1. The number of hydrogen-bond acceptors (Lipinski definition) is 4. The maximum atomic E-state index is 12.1. The van der Waals surface area contributed by atoms with Crippen molar-refractivity contribution in [2.75, 3.05) is 19.6 Å². The summed E-state index contributed by atoms with van der Waals surface area (Å²) in [5.41, 5.74) is 0.990. The third-order valence-corrected chi connectivity index (χ3v) is 3.46. The SMILES string of the molecule is CCN(CC)CC(OC(=O)c1ccco1)c1ccccc1.Cl. The van der Waals surface area contributed by atoms with E-state index in [2.05, 4.69) is 18.7 Å². The van der Waals surface area contributed by atoms with Gasteiger partial charge in [0.05, 0.1) is 6.26 Å². The lowest BCUT2D eigenvalue weighted by molar-refractivity contribution is 0.0171. The molecule has 0 aliphatic carbocycles. The number of carbonyl (C=O) groups excluding carboxylic acids is 1. The molecule has 2 rings (SSSR count). The van der Waals surface area contributed by atoms with Crippen LogP contribution in [0.3, 0.4) is 0 Å². The Balaban J connectivity index is 0.00000242. The van der Waals surface area contributed by atoms with E-state index in [9.17, 15) is 4.79 Å². The predicted molar refractivity (Wildman–Crippen MR) is 88.3 cm³/mol. The van der Waals surface area contributed by atoms with Crippen molar-refractivity contribution in [3.8, 4) is 0 Å². The van der Waals surface area contributed by atoms with Crippen molar-refractivity contribution < 1.29 is 13.9 Å². The second-order valence-electron chi connectivity index (χ2n) is 4.77. The van der Waals surface area contributed by atoms with Gasteiger partial charge in [-0.3, -0.25) is 4.90 Å². The molecule has 0 aliphatic rings. The zero-order valence-corrected chi connectivity index (χ0v) is 13.7. The Labute approximate surface area is 137 Å². The van der Waals surface area contributed by atoms with Crippen molar-refractivity contribution in [1.29, 1.82) is 0 Å².